The number of cyclic esters (lactones) is 2. The van der Waals surface area contributed by atoms with Gasteiger partial charge < -0.3 is 81.3 Å². The number of hydrogen-bond donors (Lipinski definition) is 7. The van der Waals surface area contributed by atoms with Crippen LogP contribution in [0.2, 0.25) is 0 Å². The Hall–Kier alpha value is -8.80. The molecular weight excluding hydrogens is 1180 g/mol. The standard InChI is InChI=1S/C23H39N5O6.C21H37N5O6.C16H12N2O6/c1-12(2)18-22(32)28-10-8-9-15(28)21(31)26(6)11-16(29)27(7)19(13(3)4)23(33)34-14(5)17(24)20(30)25-18;1-11(2)17-20(30)25(7)9-14(27)24(6)10-15(28)26(8)18(12(3)4)21(31)32-13(5)16(22)19(29)23-17;1-5-3-4-7(15(20)21)10-13(5)24-14-6(2)12(19)9(17)8(16(22)23)11(14)18-10/h12-15,17-19H,8-11,24H2,1-7H3,(H,25,30);11-13,16-18H,9-10,22H2,1-8H3,(H,23,29);3-4H,17H2,1-2H3,(H,20,21)(H,22,23). The minimum absolute atomic E-state index is 0.00468. The molecule has 10 N–H and O–H groups in total. The van der Waals surface area contributed by atoms with E-state index in [9.17, 15) is 72.5 Å². The largest absolute Gasteiger partial charge is 0.478 e. The molecule has 6 rings (SSSR count). The summed E-state index contributed by atoms with van der Waals surface area (Å²) in [7, 11) is 7.33. The van der Waals surface area contributed by atoms with Crippen molar-refractivity contribution in [1.82, 2.24) is 45.0 Å². The molecule has 30 heteroatoms. The first-order valence-corrected chi connectivity index (χ1v) is 29.4. The van der Waals surface area contributed by atoms with Crippen LogP contribution in [0.15, 0.2) is 21.3 Å². The van der Waals surface area contributed by atoms with Crippen molar-refractivity contribution in [2.24, 2.45) is 35.1 Å². The summed E-state index contributed by atoms with van der Waals surface area (Å²) in [6, 6.07) is -3.94. The number of aryl methyl sites for hydroxylation is 1. The third kappa shape index (κ3) is 16.7. The molecular formula is C60H88N12O18. The molecule has 0 bridgehead atoms. The summed E-state index contributed by atoms with van der Waals surface area (Å²) in [5.41, 5.74) is 16.7. The monoisotopic (exact) mass is 1260 g/mol. The number of carbonyl (C=O) groups is 12. The van der Waals surface area contributed by atoms with Crippen LogP contribution in [0.4, 0.5) is 5.69 Å². The normalized spacial score (nSPS) is 24.5. The van der Waals surface area contributed by atoms with Crippen molar-refractivity contribution in [3.05, 3.63) is 44.6 Å². The molecule has 3 fully saturated rings. The van der Waals surface area contributed by atoms with E-state index in [1.54, 1.807) is 68.4 Å². The number of benzene rings is 2. The Kier molecular flexibility index (Phi) is 25.1. The molecule has 90 heavy (non-hydrogen) atoms. The topological polar surface area (TPSA) is 428 Å². The zero-order valence-electron chi connectivity index (χ0n) is 54.2. The van der Waals surface area contributed by atoms with Gasteiger partial charge in [0.05, 0.1) is 30.9 Å². The van der Waals surface area contributed by atoms with E-state index in [2.05, 4.69) is 15.6 Å². The third-order valence-corrected chi connectivity index (χ3v) is 16.0. The summed E-state index contributed by atoms with van der Waals surface area (Å²) in [6.45, 7) is 19.8. The number of rotatable bonds is 6. The molecule has 30 nitrogen and oxygen atoms in total. The molecule has 1 aliphatic carbocycles. The molecule has 496 valence electrons. The zero-order chi connectivity index (χ0) is 68.6. The van der Waals surface area contributed by atoms with Crippen LogP contribution in [-0.2, 0) is 57.4 Å². The fraction of sp³-hybridized carbons (Fsp3) is 0.600. The first-order chi connectivity index (χ1) is 41.7. The smallest absolute Gasteiger partial charge is 0.340 e. The van der Waals surface area contributed by atoms with Crippen molar-refractivity contribution in [3.8, 4) is 11.5 Å². The van der Waals surface area contributed by atoms with Gasteiger partial charge in [0.2, 0.25) is 52.7 Å². The first-order valence-electron chi connectivity index (χ1n) is 29.4. The molecule has 3 saturated heterocycles. The van der Waals surface area contributed by atoms with Gasteiger partial charge in [-0.2, -0.15) is 0 Å². The van der Waals surface area contributed by atoms with Gasteiger partial charge in [0, 0.05) is 47.3 Å². The lowest BCUT2D eigenvalue weighted by Crippen LogP contribution is -2.60. The van der Waals surface area contributed by atoms with Crippen LogP contribution in [0.25, 0.3) is 22.6 Å². The highest BCUT2D eigenvalue weighted by atomic mass is 16.6. The maximum atomic E-state index is 13.4. The van der Waals surface area contributed by atoms with Crippen LogP contribution in [0.5, 0.6) is 0 Å². The molecule has 8 amide bonds. The van der Waals surface area contributed by atoms with Gasteiger partial charge in [-0.1, -0.05) is 61.5 Å². The number of hydrogen-bond acceptors (Lipinski definition) is 20. The average molecular weight is 1270 g/mol. The predicted octanol–water partition coefficient (Wildman–Crippen LogP) is 0.0200. The highest BCUT2D eigenvalue weighted by molar-refractivity contribution is 6.05. The highest BCUT2D eigenvalue weighted by Crippen LogP contribution is 2.34. The highest BCUT2D eigenvalue weighted by Gasteiger charge is 2.43. The molecule has 0 radical (unpaired) electrons. The number of esters is 2. The van der Waals surface area contributed by atoms with Crippen LogP contribution in [0.3, 0.4) is 0 Å². The van der Waals surface area contributed by atoms with E-state index in [-0.39, 0.29) is 88.8 Å². The average Bonchev–Trinajstić information content (AvgIpc) is 0.834. The Labute approximate surface area is 521 Å². The van der Waals surface area contributed by atoms with Gasteiger partial charge in [0.15, 0.2) is 11.3 Å². The minimum Gasteiger partial charge on any atom is -0.478 e. The van der Waals surface area contributed by atoms with Crippen LogP contribution < -0.4 is 33.3 Å². The number of nitrogens with two attached hydrogens (primary N) is 3. The minimum atomic E-state index is -1.44. The Morgan fingerprint density at radius 3 is 1.51 bits per heavy atom. The van der Waals surface area contributed by atoms with Crippen LogP contribution >= 0.6 is 0 Å². The maximum absolute atomic E-state index is 13.4. The Morgan fingerprint density at radius 1 is 0.622 bits per heavy atom. The van der Waals surface area contributed by atoms with Crippen molar-refractivity contribution in [1.29, 1.82) is 0 Å². The third-order valence-electron chi connectivity index (χ3n) is 16.0. The lowest BCUT2D eigenvalue weighted by atomic mass is 10.0. The summed E-state index contributed by atoms with van der Waals surface area (Å²) < 4.78 is 16.6. The summed E-state index contributed by atoms with van der Waals surface area (Å²) in [4.78, 5) is 176. The molecule has 0 spiro atoms. The number of fused-ring (bicyclic) bond motifs is 3. The lowest BCUT2D eigenvalue weighted by molar-refractivity contribution is -0.163. The number of carboxylic acids is 2. The van der Waals surface area contributed by atoms with Crippen LogP contribution in [0, 0.1) is 37.5 Å². The van der Waals surface area contributed by atoms with Crippen molar-refractivity contribution >= 4 is 87.9 Å². The Balaban J connectivity index is 0.000000292. The first kappa shape index (κ1) is 73.7. The van der Waals surface area contributed by atoms with Crippen molar-refractivity contribution in [3.63, 3.8) is 0 Å². The van der Waals surface area contributed by atoms with E-state index in [4.69, 9.17) is 31.1 Å². The number of ether oxygens (including phenoxy) is 2. The zero-order valence-corrected chi connectivity index (χ0v) is 54.2. The molecule has 9 unspecified atom stereocenters. The molecule has 5 aliphatic rings. The van der Waals surface area contributed by atoms with E-state index in [0.29, 0.717) is 24.9 Å². The Bertz CT molecular complexity index is 3290. The fourth-order valence-corrected chi connectivity index (χ4v) is 10.4. The number of nitrogens with one attached hydrogen (secondary N) is 2. The van der Waals surface area contributed by atoms with Crippen molar-refractivity contribution < 1.29 is 81.6 Å². The van der Waals surface area contributed by atoms with Gasteiger partial charge >= 0.3 is 23.9 Å². The number of likely N-dealkylation sites (N-methyl/N-ethyl adjacent to an activating group) is 5. The van der Waals surface area contributed by atoms with E-state index in [1.165, 1.54) is 91.5 Å². The molecule has 1 aromatic carbocycles. The van der Waals surface area contributed by atoms with Crippen molar-refractivity contribution in [2.45, 2.75) is 150 Å². The maximum Gasteiger partial charge on any atom is 0.340 e. The molecule has 4 aliphatic heterocycles. The fourth-order valence-electron chi connectivity index (χ4n) is 10.4. The summed E-state index contributed by atoms with van der Waals surface area (Å²) in [5, 5.41) is 24.0. The SMILES string of the molecule is CC(C)C1NC(=O)C(N)C(C)OC(=O)C(C(C)C)N(C)C(=O)CN(C)C(=O)C2CCCN2C1=O.CC(C)C1NC(=O)C(N)C(C)OC(=O)C(C(C)C)N(C)C(=O)CN(C)C(=O)CN(C)C1=O.Cc1c2oc3c(C)ccc(C(=O)O)c3nc-2c(C(=O)O)c(N)c1=O. The van der Waals surface area contributed by atoms with E-state index < -0.39 is 131 Å². The summed E-state index contributed by atoms with van der Waals surface area (Å²) in [6.07, 6.45) is -0.881. The number of aromatic nitrogens is 1. The molecule has 1 aromatic rings. The number of carbonyl (C=O) groups excluding carboxylic acids is 10. The predicted molar refractivity (Wildman–Crippen MR) is 326 cm³/mol. The second-order valence-electron chi connectivity index (χ2n) is 24.4. The van der Waals surface area contributed by atoms with Crippen molar-refractivity contribution in [2.75, 3.05) is 67.2 Å². The lowest BCUT2D eigenvalue weighted by Gasteiger charge is -2.35. The second kappa shape index (κ2) is 30.6. The van der Waals surface area contributed by atoms with E-state index in [0.717, 1.165) is 0 Å². The summed E-state index contributed by atoms with van der Waals surface area (Å²) >= 11 is 0. The van der Waals surface area contributed by atoms with Gasteiger partial charge in [0.1, 0.15) is 71.3 Å². The van der Waals surface area contributed by atoms with E-state index in [1.807, 2.05) is 0 Å². The van der Waals surface area contributed by atoms with Gasteiger partial charge in [-0.3, -0.25) is 43.2 Å². The quantitative estimate of drug-likeness (QED) is 0.0971. The number of aromatic carboxylic acids is 2. The Morgan fingerprint density at radius 2 is 1.07 bits per heavy atom. The van der Waals surface area contributed by atoms with Gasteiger partial charge in [0.25, 0.3) is 0 Å². The second-order valence-corrected chi connectivity index (χ2v) is 24.4. The number of amides is 8. The molecule has 4 heterocycles. The number of nitrogens with zero attached hydrogens (tertiary/aromatic N) is 7. The number of nitrogen functional groups attached to an aromatic ring is 1. The van der Waals surface area contributed by atoms with E-state index >= 15 is 0 Å². The number of carboxylic acid groups (broad SMARTS) is 2. The van der Waals surface area contributed by atoms with Gasteiger partial charge in [-0.15, -0.1) is 0 Å². The van der Waals surface area contributed by atoms with Gasteiger partial charge in [-0.05, 0) is 75.8 Å². The van der Waals surface area contributed by atoms with Crippen LogP contribution in [-0.4, -0.2) is 232 Å². The molecule has 0 saturated carbocycles. The van der Waals surface area contributed by atoms with Gasteiger partial charge in [-0.25, -0.2) is 24.2 Å². The molecule has 0 aromatic heterocycles. The molecule has 9 atom stereocenters. The summed E-state index contributed by atoms with van der Waals surface area (Å²) in [5.74, 6) is -9.09. The number of anilines is 1. The van der Waals surface area contributed by atoms with Crippen LogP contribution in [0.1, 0.15) is 114 Å².